The zero-order valence-corrected chi connectivity index (χ0v) is 14.4. The quantitative estimate of drug-likeness (QED) is 0.884. The molecule has 0 unspecified atom stereocenters. The fourth-order valence-electron chi connectivity index (χ4n) is 2.72. The van der Waals surface area contributed by atoms with E-state index >= 15 is 0 Å². The van der Waals surface area contributed by atoms with E-state index in [0.29, 0.717) is 11.4 Å². The summed E-state index contributed by atoms with van der Waals surface area (Å²) in [5.41, 5.74) is 4.22. The minimum atomic E-state index is -0.154. The van der Waals surface area contributed by atoms with Crippen LogP contribution in [0.25, 0.3) is 0 Å². The van der Waals surface area contributed by atoms with Gasteiger partial charge < -0.3 is 15.4 Å². The Kier molecular flexibility index (Phi) is 5.58. The van der Waals surface area contributed by atoms with Crippen LogP contribution >= 0.6 is 0 Å². The lowest BCUT2D eigenvalue weighted by Crippen LogP contribution is -2.15. The van der Waals surface area contributed by atoms with Gasteiger partial charge in [0.1, 0.15) is 5.75 Å². The lowest BCUT2D eigenvalue weighted by atomic mass is 10.0. The molecule has 2 rings (SSSR count). The monoisotopic (exact) mass is 326 g/mol. The molecule has 0 fully saturated rings. The summed E-state index contributed by atoms with van der Waals surface area (Å²) < 4.78 is 5.42. The summed E-state index contributed by atoms with van der Waals surface area (Å²) in [7, 11) is 1.61. The van der Waals surface area contributed by atoms with Gasteiger partial charge in [-0.2, -0.15) is 0 Å². The molecule has 0 saturated carbocycles. The van der Waals surface area contributed by atoms with E-state index in [1.54, 1.807) is 31.4 Å². The zero-order valence-electron chi connectivity index (χ0n) is 14.4. The summed E-state index contributed by atoms with van der Waals surface area (Å²) >= 11 is 0. The Labute approximate surface area is 142 Å². The van der Waals surface area contributed by atoms with Crippen molar-refractivity contribution in [2.75, 3.05) is 17.7 Å². The molecule has 2 aromatic carbocycles. The SMILES string of the molecule is COc1c(C)cc(C)cc1CC(=O)Nc1cccc(NC(C)=O)c1. The first-order chi connectivity index (χ1) is 11.4. The van der Waals surface area contributed by atoms with Gasteiger partial charge in [-0.15, -0.1) is 0 Å². The average molecular weight is 326 g/mol. The molecule has 2 aromatic rings. The molecule has 0 bridgehead atoms. The maximum absolute atomic E-state index is 12.4. The Hall–Kier alpha value is -2.82. The van der Waals surface area contributed by atoms with E-state index in [2.05, 4.69) is 10.6 Å². The number of ether oxygens (including phenoxy) is 1. The molecule has 0 saturated heterocycles. The van der Waals surface area contributed by atoms with Crippen LogP contribution in [0.2, 0.25) is 0 Å². The Morgan fingerprint density at radius 2 is 1.71 bits per heavy atom. The summed E-state index contributed by atoms with van der Waals surface area (Å²) in [6.45, 7) is 5.40. The Morgan fingerprint density at radius 3 is 2.33 bits per heavy atom. The van der Waals surface area contributed by atoms with E-state index in [1.807, 2.05) is 26.0 Å². The van der Waals surface area contributed by atoms with Crippen LogP contribution in [0.4, 0.5) is 11.4 Å². The number of amides is 2. The zero-order chi connectivity index (χ0) is 17.7. The highest BCUT2D eigenvalue weighted by atomic mass is 16.5. The summed E-state index contributed by atoms with van der Waals surface area (Å²) in [4.78, 5) is 23.5. The molecule has 5 nitrogen and oxygen atoms in total. The number of carbonyl (C=O) groups is 2. The van der Waals surface area contributed by atoms with Crippen LogP contribution in [0.3, 0.4) is 0 Å². The Balaban J connectivity index is 2.13. The highest BCUT2D eigenvalue weighted by Crippen LogP contribution is 2.26. The Bertz CT molecular complexity index is 769. The number of anilines is 2. The van der Waals surface area contributed by atoms with Gasteiger partial charge in [0.25, 0.3) is 0 Å². The molecule has 0 spiro atoms. The molecule has 0 heterocycles. The fourth-order valence-corrected chi connectivity index (χ4v) is 2.72. The van der Waals surface area contributed by atoms with Crippen molar-refractivity contribution in [3.63, 3.8) is 0 Å². The maximum Gasteiger partial charge on any atom is 0.228 e. The van der Waals surface area contributed by atoms with Crippen LogP contribution < -0.4 is 15.4 Å². The molecule has 0 aromatic heterocycles. The highest BCUT2D eigenvalue weighted by molar-refractivity contribution is 5.94. The number of hydrogen-bond acceptors (Lipinski definition) is 3. The maximum atomic E-state index is 12.4. The van der Waals surface area contributed by atoms with Gasteiger partial charge in [-0.05, 0) is 37.6 Å². The number of aryl methyl sites for hydroxylation is 2. The molecular formula is C19H22N2O3. The number of carbonyl (C=O) groups excluding carboxylic acids is 2. The van der Waals surface area contributed by atoms with Gasteiger partial charge >= 0.3 is 0 Å². The van der Waals surface area contributed by atoms with Crippen LogP contribution in [0, 0.1) is 13.8 Å². The van der Waals surface area contributed by atoms with E-state index in [9.17, 15) is 9.59 Å². The van der Waals surface area contributed by atoms with E-state index < -0.39 is 0 Å². The number of nitrogens with one attached hydrogen (secondary N) is 2. The predicted molar refractivity (Wildman–Crippen MR) is 95.5 cm³/mol. The third kappa shape index (κ3) is 4.59. The highest BCUT2D eigenvalue weighted by Gasteiger charge is 2.12. The number of methoxy groups -OCH3 is 1. The van der Waals surface area contributed by atoms with Crippen LogP contribution in [0.5, 0.6) is 5.75 Å². The molecular weight excluding hydrogens is 304 g/mol. The van der Waals surface area contributed by atoms with Crippen molar-refractivity contribution >= 4 is 23.2 Å². The molecule has 2 amide bonds. The van der Waals surface area contributed by atoms with Crippen LogP contribution in [-0.2, 0) is 16.0 Å². The topological polar surface area (TPSA) is 67.4 Å². The number of benzene rings is 2. The predicted octanol–water partition coefficient (Wildman–Crippen LogP) is 3.45. The van der Waals surface area contributed by atoms with Gasteiger partial charge in [-0.25, -0.2) is 0 Å². The molecule has 24 heavy (non-hydrogen) atoms. The lowest BCUT2D eigenvalue weighted by molar-refractivity contribution is -0.116. The van der Waals surface area contributed by atoms with Crippen molar-refractivity contribution in [2.45, 2.75) is 27.2 Å². The van der Waals surface area contributed by atoms with Gasteiger partial charge in [0.2, 0.25) is 11.8 Å². The second kappa shape index (κ2) is 7.64. The lowest BCUT2D eigenvalue weighted by Gasteiger charge is -2.13. The first-order valence-electron chi connectivity index (χ1n) is 7.70. The fraction of sp³-hybridized carbons (Fsp3) is 0.263. The van der Waals surface area contributed by atoms with Crippen LogP contribution in [-0.4, -0.2) is 18.9 Å². The molecule has 126 valence electrons. The van der Waals surface area contributed by atoms with Crippen LogP contribution in [0.1, 0.15) is 23.6 Å². The van der Waals surface area contributed by atoms with Crippen molar-refractivity contribution in [3.05, 3.63) is 53.1 Å². The molecule has 0 radical (unpaired) electrons. The molecule has 2 N–H and O–H groups in total. The van der Waals surface area contributed by atoms with Gasteiger partial charge in [-0.1, -0.05) is 23.8 Å². The van der Waals surface area contributed by atoms with Gasteiger partial charge in [0.05, 0.1) is 13.5 Å². The normalized spacial score (nSPS) is 10.2. The first kappa shape index (κ1) is 17.5. The van der Waals surface area contributed by atoms with E-state index in [1.165, 1.54) is 6.92 Å². The molecule has 0 aliphatic rings. The Morgan fingerprint density at radius 1 is 1.04 bits per heavy atom. The van der Waals surface area contributed by atoms with Crippen molar-refractivity contribution in [3.8, 4) is 5.75 Å². The molecule has 0 aliphatic carbocycles. The minimum absolute atomic E-state index is 0.140. The smallest absolute Gasteiger partial charge is 0.228 e. The standard InChI is InChI=1S/C19H22N2O3/c1-12-8-13(2)19(24-4)15(9-12)10-18(23)21-17-7-5-6-16(11-17)20-14(3)22/h5-9,11H,10H2,1-4H3,(H,20,22)(H,21,23). The van der Waals surface area contributed by atoms with Crippen LogP contribution in [0.15, 0.2) is 36.4 Å². The first-order valence-corrected chi connectivity index (χ1v) is 7.70. The van der Waals surface area contributed by atoms with E-state index in [0.717, 1.165) is 22.4 Å². The van der Waals surface area contributed by atoms with Gasteiger partial charge in [0, 0.05) is 23.9 Å². The summed E-state index contributed by atoms with van der Waals surface area (Å²) in [6, 6.07) is 11.0. The molecule has 0 atom stereocenters. The second-order valence-corrected chi connectivity index (χ2v) is 5.76. The molecule has 5 heteroatoms. The third-order valence-electron chi connectivity index (χ3n) is 3.52. The number of rotatable bonds is 5. The van der Waals surface area contributed by atoms with E-state index in [-0.39, 0.29) is 18.2 Å². The minimum Gasteiger partial charge on any atom is -0.496 e. The third-order valence-corrected chi connectivity index (χ3v) is 3.52. The number of hydrogen-bond donors (Lipinski definition) is 2. The average Bonchev–Trinajstić information content (AvgIpc) is 2.46. The van der Waals surface area contributed by atoms with Crippen molar-refractivity contribution in [1.29, 1.82) is 0 Å². The molecule has 0 aliphatic heterocycles. The van der Waals surface area contributed by atoms with E-state index in [4.69, 9.17) is 4.74 Å². The summed E-state index contributed by atoms with van der Waals surface area (Å²) in [5.74, 6) is 0.444. The van der Waals surface area contributed by atoms with Crippen molar-refractivity contribution < 1.29 is 14.3 Å². The van der Waals surface area contributed by atoms with Gasteiger partial charge in [-0.3, -0.25) is 9.59 Å². The summed E-state index contributed by atoms with van der Waals surface area (Å²) in [5, 5.41) is 5.54. The second-order valence-electron chi connectivity index (χ2n) is 5.76. The van der Waals surface area contributed by atoms with Crippen molar-refractivity contribution in [2.24, 2.45) is 0 Å². The summed E-state index contributed by atoms with van der Waals surface area (Å²) in [6.07, 6.45) is 0.218. The van der Waals surface area contributed by atoms with Gasteiger partial charge in [0.15, 0.2) is 0 Å². The van der Waals surface area contributed by atoms with Crippen molar-refractivity contribution in [1.82, 2.24) is 0 Å². The largest absolute Gasteiger partial charge is 0.496 e.